The molecule has 1 amide bonds. The van der Waals surface area contributed by atoms with Gasteiger partial charge in [-0.05, 0) is 29.5 Å². The van der Waals surface area contributed by atoms with Gasteiger partial charge in [-0.25, -0.2) is 15.4 Å². The number of hydrogen-bond donors (Lipinski definition) is 3. The first-order chi connectivity index (χ1) is 12.2. The Morgan fingerprint density at radius 2 is 1.81 bits per heavy atom. The average Bonchev–Trinajstić information content (AvgIpc) is 3.10. The Balaban J connectivity index is 0.00000196. The molecule has 9 heteroatoms. The monoisotopic (exact) mass is 395 g/mol. The Kier molecular flexibility index (Phi) is 5.62. The third kappa shape index (κ3) is 3.76. The lowest BCUT2D eigenvalue weighted by Gasteiger charge is -2.20. The van der Waals surface area contributed by atoms with E-state index in [1.165, 1.54) is 18.0 Å². The molecule has 1 aromatic heterocycles. The molecule has 138 valence electrons. The van der Waals surface area contributed by atoms with Gasteiger partial charge in [-0.15, -0.1) is 12.4 Å². The summed E-state index contributed by atoms with van der Waals surface area (Å²) in [7, 11) is 0. The van der Waals surface area contributed by atoms with Crippen molar-refractivity contribution in [2.45, 2.75) is 12.6 Å². The fourth-order valence-electron chi connectivity index (χ4n) is 3.50. The Bertz CT molecular complexity index is 760. The van der Waals surface area contributed by atoms with Crippen LogP contribution in [0.1, 0.15) is 15.9 Å². The standard InChI is InChI=1S/C17H18ClN5O2.ClH/c18-12-3-1-10(2-4-12)5-19-15-13-8-23(9-14(13)15)17-20-6-11(7-21-17)16(24)22-25;/h1-4,6-7,13-15,19,25H,5,8-9H2,(H,22,24);1H. The van der Waals surface area contributed by atoms with Gasteiger partial charge in [0, 0.05) is 43.1 Å². The Labute approximate surface area is 162 Å². The lowest BCUT2D eigenvalue weighted by Crippen LogP contribution is -2.32. The molecule has 2 heterocycles. The number of carbonyl (C=O) groups excluding carboxylic acids is 1. The van der Waals surface area contributed by atoms with Crippen molar-refractivity contribution in [1.29, 1.82) is 0 Å². The normalized spacial score (nSPS) is 23.2. The zero-order valence-electron chi connectivity index (χ0n) is 13.8. The van der Waals surface area contributed by atoms with Crippen LogP contribution in [0.25, 0.3) is 0 Å². The smallest absolute Gasteiger partial charge is 0.277 e. The van der Waals surface area contributed by atoms with Crippen LogP contribution in [0.2, 0.25) is 5.02 Å². The highest BCUT2D eigenvalue weighted by Crippen LogP contribution is 2.46. The minimum atomic E-state index is -0.609. The number of hydrogen-bond acceptors (Lipinski definition) is 6. The maximum absolute atomic E-state index is 11.3. The molecule has 2 atom stereocenters. The molecule has 1 aliphatic carbocycles. The molecule has 3 N–H and O–H groups in total. The first-order valence-electron chi connectivity index (χ1n) is 8.15. The summed E-state index contributed by atoms with van der Waals surface area (Å²) in [6.07, 6.45) is 2.85. The first kappa shape index (κ1) is 18.8. The molecule has 1 saturated carbocycles. The zero-order valence-corrected chi connectivity index (χ0v) is 15.4. The summed E-state index contributed by atoms with van der Waals surface area (Å²) >= 11 is 5.90. The SMILES string of the molecule is Cl.O=C(NO)c1cnc(N2CC3C(C2)C3NCc2ccc(Cl)cc2)nc1. The summed E-state index contributed by atoms with van der Waals surface area (Å²) in [5, 5.41) is 13.0. The van der Waals surface area contributed by atoms with Crippen molar-refractivity contribution in [3.8, 4) is 0 Å². The zero-order chi connectivity index (χ0) is 17.4. The number of carbonyl (C=O) groups is 1. The number of aromatic nitrogens is 2. The summed E-state index contributed by atoms with van der Waals surface area (Å²) in [5.74, 6) is 1.23. The summed E-state index contributed by atoms with van der Waals surface area (Å²) in [4.78, 5) is 21.9. The molecule has 0 bridgehead atoms. The van der Waals surface area contributed by atoms with E-state index in [4.69, 9.17) is 16.8 Å². The van der Waals surface area contributed by atoms with Crippen LogP contribution in [-0.2, 0) is 6.54 Å². The highest BCUT2D eigenvalue weighted by molar-refractivity contribution is 6.30. The van der Waals surface area contributed by atoms with Gasteiger partial charge < -0.3 is 10.2 Å². The molecule has 2 aliphatic rings. The molecule has 4 rings (SSSR count). The number of fused-ring (bicyclic) bond motifs is 1. The van der Waals surface area contributed by atoms with Crippen molar-refractivity contribution < 1.29 is 10.0 Å². The number of nitrogens with zero attached hydrogens (tertiary/aromatic N) is 3. The lowest BCUT2D eigenvalue weighted by atomic mass is 10.2. The van der Waals surface area contributed by atoms with Crippen LogP contribution >= 0.6 is 24.0 Å². The van der Waals surface area contributed by atoms with Gasteiger partial charge in [-0.2, -0.15) is 0 Å². The molecule has 2 aromatic rings. The van der Waals surface area contributed by atoms with Crippen LogP contribution in [0.15, 0.2) is 36.7 Å². The maximum Gasteiger partial charge on any atom is 0.277 e. The van der Waals surface area contributed by atoms with Crippen LogP contribution in [0.5, 0.6) is 0 Å². The summed E-state index contributed by atoms with van der Waals surface area (Å²) in [6, 6.07) is 8.43. The van der Waals surface area contributed by atoms with Crippen LogP contribution < -0.4 is 15.7 Å². The molecular formula is C17H19Cl2N5O2. The minimum Gasteiger partial charge on any atom is -0.340 e. The van der Waals surface area contributed by atoms with Gasteiger partial charge in [0.25, 0.3) is 5.91 Å². The van der Waals surface area contributed by atoms with E-state index in [9.17, 15) is 4.79 Å². The van der Waals surface area contributed by atoms with E-state index in [-0.39, 0.29) is 18.0 Å². The molecule has 2 unspecified atom stereocenters. The Hall–Kier alpha value is -1.93. The molecule has 26 heavy (non-hydrogen) atoms. The Morgan fingerprint density at radius 3 is 2.38 bits per heavy atom. The van der Waals surface area contributed by atoms with Crippen LogP contribution in [0.3, 0.4) is 0 Å². The number of amides is 1. The quantitative estimate of drug-likeness (QED) is 0.528. The second kappa shape index (κ2) is 7.75. The highest BCUT2D eigenvalue weighted by atomic mass is 35.5. The Morgan fingerprint density at radius 1 is 1.19 bits per heavy atom. The molecule has 1 aliphatic heterocycles. The van der Waals surface area contributed by atoms with Gasteiger partial charge in [-0.1, -0.05) is 23.7 Å². The van der Waals surface area contributed by atoms with Crippen molar-refractivity contribution in [2.24, 2.45) is 11.8 Å². The predicted molar refractivity (Wildman–Crippen MR) is 99.8 cm³/mol. The van der Waals surface area contributed by atoms with Gasteiger partial charge in [0.05, 0.1) is 5.56 Å². The third-order valence-corrected chi connectivity index (χ3v) is 5.19. The van der Waals surface area contributed by atoms with Crippen LogP contribution in [-0.4, -0.2) is 40.2 Å². The number of anilines is 1. The van der Waals surface area contributed by atoms with Crippen molar-refractivity contribution in [2.75, 3.05) is 18.0 Å². The second-order valence-electron chi connectivity index (χ2n) is 6.48. The van der Waals surface area contributed by atoms with Crippen molar-refractivity contribution in [3.05, 3.63) is 52.8 Å². The van der Waals surface area contributed by atoms with E-state index in [2.05, 4.69) is 20.2 Å². The second-order valence-corrected chi connectivity index (χ2v) is 6.91. The van der Waals surface area contributed by atoms with Crippen LogP contribution in [0, 0.1) is 11.8 Å². The molecular weight excluding hydrogens is 377 g/mol. The number of hydroxylamine groups is 1. The van der Waals surface area contributed by atoms with Gasteiger partial charge >= 0.3 is 0 Å². The molecule has 0 spiro atoms. The van der Waals surface area contributed by atoms with E-state index in [0.717, 1.165) is 24.7 Å². The highest BCUT2D eigenvalue weighted by Gasteiger charge is 2.55. The summed E-state index contributed by atoms with van der Waals surface area (Å²) < 4.78 is 0. The minimum absolute atomic E-state index is 0. The first-order valence-corrected chi connectivity index (χ1v) is 8.53. The molecule has 2 fully saturated rings. The molecule has 1 aromatic carbocycles. The summed E-state index contributed by atoms with van der Waals surface area (Å²) in [5.41, 5.74) is 3.04. The van der Waals surface area contributed by atoms with Gasteiger partial charge in [0.1, 0.15) is 0 Å². The van der Waals surface area contributed by atoms with E-state index in [0.29, 0.717) is 23.8 Å². The average molecular weight is 396 g/mol. The largest absolute Gasteiger partial charge is 0.340 e. The van der Waals surface area contributed by atoms with E-state index in [1.54, 1.807) is 5.48 Å². The number of nitrogens with one attached hydrogen (secondary N) is 2. The molecule has 7 nitrogen and oxygen atoms in total. The van der Waals surface area contributed by atoms with E-state index >= 15 is 0 Å². The fraction of sp³-hybridized carbons (Fsp3) is 0.353. The van der Waals surface area contributed by atoms with Crippen molar-refractivity contribution >= 4 is 35.9 Å². The lowest BCUT2D eigenvalue weighted by molar-refractivity contribution is 0.0705. The van der Waals surface area contributed by atoms with E-state index in [1.807, 2.05) is 24.3 Å². The number of benzene rings is 1. The van der Waals surface area contributed by atoms with Crippen molar-refractivity contribution in [1.82, 2.24) is 20.8 Å². The van der Waals surface area contributed by atoms with E-state index < -0.39 is 5.91 Å². The van der Waals surface area contributed by atoms with Crippen molar-refractivity contribution in [3.63, 3.8) is 0 Å². The predicted octanol–water partition coefficient (Wildman–Crippen LogP) is 1.90. The topological polar surface area (TPSA) is 90.4 Å². The van der Waals surface area contributed by atoms with Gasteiger partial charge in [0.15, 0.2) is 0 Å². The van der Waals surface area contributed by atoms with Gasteiger partial charge in [-0.3, -0.25) is 10.0 Å². The van der Waals surface area contributed by atoms with Crippen LogP contribution in [0.4, 0.5) is 5.95 Å². The summed E-state index contributed by atoms with van der Waals surface area (Å²) in [6.45, 7) is 2.67. The molecule has 1 saturated heterocycles. The number of rotatable bonds is 5. The number of halogens is 2. The maximum atomic E-state index is 11.3. The number of piperidine rings is 1. The fourth-order valence-corrected chi connectivity index (χ4v) is 3.62. The van der Waals surface area contributed by atoms with Gasteiger partial charge in [0.2, 0.25) is 5.95 Å². The third-order valence-electron chi connectivity index (χ3n) is 4.93. The molecule has 0 radical (unpaired) electrons.